The minimum absolute atomic E-state index is 0.0336. The summed E-state index contributed by atoms with van der Waals surface area (Å²) in [5.41, 5.74) is 3.90. The van der Waals surface area contributed by atoms with Crippen molar-refractivity contribution >= 4 is 28.4 Å². The van der Waals surface area contributed by atoms with Crippen molar-refractivity contribution in [1.82, 2.24) is 4.57 Å². The van der Waals surface area contributed by atoms with Gasteiger partial charge in [0.15, 0.2) is 5.58 Å². The Morgan fingerprint density at radius 2 is 2.07 bits per heavy atom. The van der Waals surface area contributed by atoms with Gasteiger partial charge in [-0.3, -0.25) is 19.5 Å². The Labute approximate surface area is 166 Å². The van der Waals surface area contributed by atoms with Gasteiger partial charge in [0.1, 0.15) is 0 Å². The third kappa shape index (κ3) is 3.65. The Kier molecular flexibility index (Phi) is 4.92. The summed E-state index contributed by atoms with van der Waals surface area (Å²) in [4.78, 5) is 37.1. The van der Waals surface area contributed by atoms with Gasteiger partial charge in [0, 0.05) is 31.3 Å². The highest BCUT2D eigenvalue weighted by Gasteiger charge is 2.22. The number of hydrogen-bond acceptors (Lipinski definition) is 5. The smallest absolute Gasteiger partial charge is 0.407 e. The number of nitro groups is 1. The van der Waals surface area contributed by atoms with Crippen LogP contribution in [0.1, 0.15) is 30.4 Å². The first kappa shape index (κ1) is 18.9. The van der Waals surface area contributed by atoms with Crippen molar-refractivity contribution in [2.75, 3.05) is 11.4 Å². The molecule has 0 bridgehead atoms. The number of carbonyl (C=O) groups excluding carboxylic acids is 1. The van der Waals surface area contributed by atoms with E-state index in [2.05, 4.69) is 6.07 Å². The summed E-state index contributed by atoms with van der Waals surface area (Å²) in [6.07, 6.45) is 2.69. The van der Waals surface area contributed by atoms with Crippen LogP contribution in [0, 0.1) is 17.0 Å². The predicted octanol–water partition coefficient (Wildman–Crippen LogP) is 3.57. The highest BCUT2D eigenvalue weighted by Crippen LogP contribution is 2.28. The molecule has 0 fully saturated rings. The summed E-state index contributed by atoms with van der Waals surface area (Å²) >= 11 is 0. The van der Waals surface area contributed by atoms with E-state index in [9.17, 15) is 19.7 Å². The van der Waals surface area contributed by atoms with Gasteiger partial charge in [-0.15, -0.1) is 0 Å². The number of non-ortho nitro benzene ring substituents is 1. The van der Waals surface area contributed by atoms with E-state index in [0.717, 1.165) is 18.5 Å². The maximum Gasteiger partial charge on any atom is 0.419 e. The minimum Gasteiger partial charge on any atom is -0.407 e. The Hall–Kier alpha value is -3.42. The topological polar surface area (TPSA) is 98.6 Å². The lowest BCUT2D eigenvalue weighted by Gasteiger charge is -2.30. The van der Waals surface area contributed by atoms with Crippen LogP contribution >= 0.6 is 0 Å². The molecule has 0 unspecified atom stereocenters. The fourth-order valence-corrected chi connectivity index (χ4v) is 3.89. The zero-order valence-electron chi connectivity index (χ0n) is 16.1. The average molecular weight is 395 g/mol. The van der Waals surface area contributed by atoms with E-state index in [1.807, 2.05) is 24.0 Å². The van der Waals surface area contributed by atoms with Crippen LogP contribution in [0.25, 0.3) is 11.1 Å². The first-order valence-corrected chi connectivity index (χ1v) is 9.62. The molecule has 1 aliphatic rings. The first-order valence-electron chi connectivity index (χ1n) is 9.62. The first-order chi connectivity index (χ1) is 13.9. The molecule has 8 heteroatoms. The molecule has 1 amide bonds. The van der Waals surface area contributed by atoms with Crippen LogP contribution < -0.4 is 10.7 Å². The molecular formula is C21H21N3O5. The molecule has 29 heavy (non-hydrogen) atoms. The van der Waals surface area contributed by atoms with E-state index in [1.54, 1.807) is 0 Å². The molecule has 0 radical (unpaired) electrons. The van der Waals surface area contributed by atoms with Crippen molar-refractivity contribution in [3.63, 3.8) is 0 Å². The third-order valence-corrected chi connectivity index (χ3v) is 5.29. The van der Waals surface area contributed by atoms with Crippen LogP contribution in [0.3, 0.4) is 0 Å². The van der Waals surface area contributed by atoms with Gasteiger partial charge in [-0.2, -0.15) is 0 Å². The van der Waals surface area contributed by atoms with Gasteiger partial charge in [0.2, 0.25) is 5.91 Å². The van der Waals surface area contributed by atoms with Gasteiger partial charge in [0.05, 0.1) is 16.5 Å². The van der Waals surface area contributed by atoms with E-state index in [1.165, 1.54) is 33.9 Å². The van der Waals surface area contributed by atoms with Gasteiger partial charge in [-0.1, -0.05) is 17.7 Å². The van der Waals surface area contributed by atoms with Gasteiger partial charge >= 0.3 is 5.76 Å². The van der Waals surface area contributed by atoms with Crippen molar-refractivity contribution in [3.05, 3.63) is 68.2 Å². The number of carbonyl (C=O) groups is 1. The summed E-state index contributed by atoms with van der Waals surface area (Å²) in [6.45, 7) is 3.06. The summed E-state index contributed by atoms with van der Waals surface area (Å²) in [7, 11) is 0. The lowest BCUT2D eigenvalue weighted by Crippen LogP contribution is -2.35. The number of hydrogen-bond donors (Lipinski definition) is 0. The van der Waals surface area contributed by atoms with E-state index >= 15 is 0 Å². The number of anilines is 1. The minimum atomic E-state index is -0.577. The highest BCUT2D eigenvalue weighted by molar-refractivity contribution is 5.94. The highest BCUT2D eigenvalue weighted by atomic mass is 16.6. The van der Waals surface area contributed by atoms with Crippen LogP contribution in [-0.4, -0.2) is 21.9 Å². The largest absolute Gasteiger partial charge is 0.419 e. The number of nitro benzene ring substituents is 1. The van der Waals surface area contributed by atoms with Crippen molar-refractivity contribution in [1.29, 1.82) is 0 Å². The molecule has 0 saturated heterocycles. The Balaban J connectivity index is 1.46. The third-order valence-electron chi connectivity index (χ3n) is 5.29. The normalized spacial score (nSPS) is 13.5. The fraction of sp³-hybridized carbons (Fsp3) is 0.333. The number of amides is 1. The second-order valence-electron chi connectivity index (χ2n) is 7.31. The number of rotatable bonds is 5. The molecule has 8 nitrogen and oxygen atoms in total. The summed E-state index contributed by atoms with van der Waals surface area (Å²) < 4.78 is 6.55. The summed E-state index contributed by atoms with van der Waals surface area (Å²) in [5.74, 6) is -0.543. The molecule has 0 N–H and O–H groups in total. The Morgan fingerprint density at radius 1 is 1.24 bits per heavy atom. The number of nitrogens with zero attached hydrogens (tertiary/aromatic N) is 3. The molecule has 4 rings (SSSR count). The van der Waals surface area contributed by atoms with Gasteiger partial charge in [0.25, 0.3) is 5.69 Å². The quantitative estimate of drug-likeness (QED) is 0.486. The van der Waals surface area contributed by atoms with Crippen molar-refractivity contribution in [2.45, 2.75) is 39.2 Å². The van der Waals surface area contributed by atoms with E-state index in [0.29, 0.717) is 31.4 Å². The SMILES string of the molecule is Cc1ccc2c(c1)CCCN2C(=O)CCCn1c(=O)oc2cc([N+](=O)[O-])ccc21. The number of fused-ring (bicyclic) bond motifs is 2. The molecule has 1 aromatic heterocycles. The number of oxazole rings is 1. The molecule has 2 aromatic carbocycles. The second-order valence-corrected chi connectivity index (χ2v) is 7.31. The van der Waals surface area contributed by atoms with Crippen LogP contribution in [0.15, 0.2) is 45.6 Å². The Morgan fingerprint density at radius 3 is 2.86 bits per heavy atom. The number of benzene rings is 2. The average Bonchev–Trinajstić information content (AvgIpc) is 3.01. The monoisotopic (exact) mass is 395 g/mol. The number of aromatic nitrogens is 1. The van der Waals surface area contributed by atoms with E-state index in [4.69, 9.17) is 4.42 Å². The van der Waals surface area contributed by atoms with E-state index in [-0.39, 0.29) is 17.2 Å². The molecule has 0 aliphatic carbocycles. The summed E-state index contributed by atoms with van der Waals surface area (Å²) in [5, 5.41) is 10.9. The van der Waals surface area contributed by atoms with Crippen LogP contribution in [-0.2, 0) is 17.8 Å². The maximum atomic E-state index is 12.8. The molecule has 0 saturated carbocycles. The van der Waals surface area contributed by atoms with E-state index < -0.39 is 10.7 Å². The van der Waals surface area contributed by atoms with Crippen LogP contribution in [0.5, 0.6) is 0 Å². The maximum absolute atomic E-state index is 12.8. The second kappa shape index (κ2) is 7.54. The summed E-state index contributed by atoms with van der Waals surface area (Å²) in [6, 6.07) is 10.2. The zero-order chi connectivity index (χ0) is 20.5. The molecule has 1 aliphatic heterocycles. The van der Waals surface area contributed by atoms with Gasteiger partial charge < -0.3 is 9.32 Å². The predicted molar refractivity (Wildman–Crippen MR) is 108 cm³/mol. The molecule has 0 spiro atoms. The molecule has 3 aromatic rings. The van der Waals surface area contributed by atoms with Gasteiger partial charge in [-0.05, 0) is 43.9 Å². The molecule has 0 atom stereocenters. The van der Waals surface area contributed by atoms with Gasteiger partial charge in [-0.25, -0.2) is 4.79 Å². The van der Waals surface area contributed by atoms with Crippen molar-refractivity contribution in [2.24, 2.45) is 0 Å². The Bertz CT molecular complexity index is 1160. The lowest BCUT2D eigenvalue weighted by atomic mass is 9.99. The zero-order valence-corrected chi connectivity index (χ0v) is 16.1. The lowest BCUT2D eigenvalue weighted by molar-refractivity contribution is -0.384. The standard InChI is InChI=1S/C21H21N3O5/c1-14-6-8-17-15(12-14)4-2-10-22(17)20(25)5-3-11-23-18-9-7-16(24(27)28)13-19(18)29-21(23)26/h6-9,12-13H,2-5,10-11H2,1H3. The fourth-order valence-electron chi connectivity index (χ4n) is 3.89. The molecular weight excluding hydrogens is 374 g/mol. The molecule has 2 heterocycles. The van der Waals surface area contributed by atoms with Crippen LogP contribution in [0.2, 0.25) is 0 Å². The van der Waals surface area contributed by atoms with Crippen molar-refractivity contribution in [3.8, 4) is 0 Å². The number of aryl methyl sites for hydroxylation is 3. The van der Waals surface area contributed by atoms with Crippen LogP contribution in [0.4, 0.5) is 11.4 Å². The van der Waals surface area contributed by atoms with Crippen molar-refractivity contribution < 1.29 is 14.1 Å². The molecule has 150 valence electrons.